The van der Waals surface area contributed by atoms with Gasteiger partial charge in [-0.25, -0.2) is 4.79 Å². The number of hydrogen-bond donors (Lipinski definition) is 0. The van der Waals surface area contributed by atoms with E-state index < -0.39 is 5.63 Å². The van der Waals surface area contributed by atoms with Gasteiger partial charge in [0, 0.05) is 6.07 Å². The second-order valence-electron chi connectivity index (χ2n) is 9.41. The van der Waals surface area contributed by atoms with Crippen molar-refractivity contribution in [3.63, 3.8) is 0 Å². The zero-order valence-electron chi connectivity index (χ0n) is 22.4. The fourth-order valence-corrected chi connectivity index (χ4v) is 3.93. The van der Waals surface area contributed by atoms with Crippen molar-refractivity contribution in [2.24, 2.45) is 0 Å². The molecule has 0 atom stereocenters. The number of ether oxygens (including phenoxy) is 3. The van der Waals surface area contributed by atoms with Crippen molar-refractivity contribution in [2.75, 3.05) is 20.3 Å². The fraction of sp³-hybridized carbons (Fsp3) is 0.567. The molecule has 35 heavy (non-hydrogen) atoms. The van der Waals surface area contributed by atoms with Gasteiger partial charge in [0.15, 0.2) is 5.75 Å². The highest BCUT2D eigenvalue weighted by atomic mass is 16.5. The summed E-state index contributed by atoms with van der Waals surface area (Å²) >= 11 is 0. The monoisotopic (exact) mass is 484 g/mol. The van der Waals surface area contributed by atoms with Gasteiger partial charge in [-0.3, -0.25) is 0 Å². The van der Waals surface area contributed by atoms with Gasteiger partial charge in [0.2, 0.25) is 5.75 Å². The molecule has 0 amide bonds. The maximum atomic E-state index is 12.5. The highest BCUT2D eigenvalue weighted by molar-refractivity contribution is 5.86. The maximum absolute atomic E-state index is 12.5. The van der Waals surface area contributed by atoms with Gasteiger partial charge in [0.05, 0.1) is 19.1 Å². The second-order valence-corrected chi connectivity index (χ2v) is 9.41. The first-order valence-electron chi connectivity index (χ1n) is 13.2. The van der Waals surface area contributed by atoms with Crippen LogP contribution in [-0.4, -0.2) is 20.3 Å². The smallest absolute Gasteiger partial charge is 0.383 e. The Bertz CT molecular complexity index is 1010. The van der Waals surface area contributed by atoms with E-state index in [1.54, 1.807) is 6.07 Å². The molecule has 0 spiro atoms. The van der Waals surface area contributed by atoms with Crippen LogP contribution in [0.15, 0.2) is 50.7 Å². The molecule has 0 saturated carbocycles. The summed E-state index contributed by atoms with van der Waals surface area (Å²) in [5.74, 6) is 1.21. The molecule has 2 aromatic rings. The van der Waals surface area contributed by atoms with Crippen molar-refractivity contribution in [3.8, 4) is 17.2 Å². The molecular formula is C30H44O5. The van der Waals surface area contributed by atoms with Crippen molar-refractivity contribution in [3.05, 3.63) is 51.9 Å². The summed E-state index contributed by atoms with van der Waals surface area (Å²) in [6.07, 6.45) is 16.2. The summed E-state index contributed by atoms with van der Waals surface area (Å²) in [4.78, 5) is 12.5. The van der Waals surface area contributed by atoms with Crippen LogP contribution in [0.2, 0.25) is 0 Å². The van der Waals surface area contributed by atoms with Gasteiger partial charge in [0.25, 0.3) is 0 Å². The quantitative estimate of drug-likeness (QED) is 0.128. The Balaban J connectivity index is 1.97. The van der Waals surface area contributed by atoms with Gasteiger partial charge >= 0.3 is 5.63 Å². The molecule has 1 heterocycles. The third kappa shape index (κ3) is 10.2. The van der Waals surface area contributed by atoms with Crippen LogP contribution in [0.1, 0.15) is 91.9 Å². The zero-order valence-corrected chi connectivity index (χ0v) is 22.4. The first-order chi connectivity index (χ1) is 17.0. The largest absolute Gasteiger partial charge is 0.489 e. The lowest BCUT2D eigenvalue weighted by atomic mass is 10.1. The van der Waals surface area contributed by atoms with E-state index in [9.17, 15) is 4.79 Å². The van der Waals surface area contributed by atoms with E-state index in [-0.39, 0.29) is 5.75 Å². The molecule has 1 aromatic heterocycles. The van der Waals surface area contributed by atoms with Crippen molar-refractivity contribution in [2.45, 2.75) is 91.9 Å². The van der Waals surface area contributed by atoms with Gasteiger partial charge < -0.3 is 18.6 Å². The SMILES string of the molecule is CCCCCCCCCCOc1c(OC)c(=O)oc2cc(OCC=C(C)CCC=C(C)C)ccc12. The van der Waals surface area contributed by atoms with E-state index in [1.165, 1.54) is 56.8 Å². The molecule has 0 bridgehead atoms. The molecule has 0 fully saturated rings. The highest BCUT2D eigenvalue weighted by Gasteiger charge is 2.17. The van der Waals surface area contributed by atoms with E-state index in [2.05, 4.69) is 39.8 Å². The van der Waals surface area contributed by atoms with Gasteiger partial charge in [0.1, 0.15) is 17.9 Å². The van der Waals surface area contributed by atoms with Crippen LogP contribution in [0.5, 0.6) is 17.2 Å². The Morgan fingerprint density at radius 2 is 1.63 bits per heavy atom. The van der Waals surface area contributed by atoms with E-state index in [4.69, 9.17) is 18.6 Å². The molecule has 0 aliphatic rings. The molecule has 0 aliphatic heterocycles. The van der Waals surface area contributed by atoms with E-state index >= 15 is 0 Å². The van der Waals surface area contributed by atoms with Gasteiger partial charge in [-0.05, 0) is 58.2 Å². The molecule has 1 aromatic carbocycles. The second kappa shape index (κ2) is 16.1. The summed E-state index contributed by atoms with van der Waals surface area (Å²) in [5.41, 5.74) is 2.52. The van der Waals surface area contributed by atoms with E-state index in [0.717, 1.165) is 25.7 Å². The maximum Gasteiger partial charge on any atom is 0.383 e. The highest BCUT2D eigenvalue weighted by Crippen LogP contribution is 2.34. The Hall–Kier alpha value is -2.69. The molecule has 2 rings (SSSR count). The third-order valence-electron chi connectivity index (χ3n) is 6.01. The molecule has 0 radical (unpaired) electrons. The average Bonchev–Trinajstić information content (AvgIpc) is 2.82. The lowest BCUT2D eigenvalue weighted by Gasteiger charge is -2.13. The molecular weight excluding hydrogens is 440 g/mol. The standard InChI is InChI=1S/C30H44O5/c1-6-7-8-9-10-11-12-13-20-34-28-26-18-17-25(22-27(26)35-30(31)29(28)32-5)33-21-19-24(4)16-14-15-23(2)3/h15,17-19,22H,6-14,16,20-21H2,1-5H3. The van der Waals surface area contributed by atoms with Crippen molar-refractivity contribution < 1.29 is 18.6 Å². The van der Waals surface area contributed by atoms with Crippen LogP contribution in [0, 0.1) is 0 Å². The third-order valence-corrected chi connectivity index (χ3v) is 6.01. The summed E-state index contributed by atoms with van der Waals surface area (Å²) in [5, 5.41) is 0.710. The van der Waals surface area contributed by atoms with Gasteiger partial charge in [-0.1, -0.05) is 69.1 Å². The number of unbranched alkanes of at least 4 members (excludes halogenated alkanes) is 7. The van der Waals surface area contributed by atoms with Crippen LogP contribution >= 0.6 is 0 Å². The number of fused-ring (bicyclic) bond motifs is 1. The van der Waals surface area contributed by atoms with Gasteiger partial charge in [-0.15, -0.1) is 0 Å². The van der Waals surface area contributed by atoms with Crippen molar-refractivity contribution >= 4 is 11.0 Å². The first kappa shape index (κ1) is 28.5. The number of rotatable bonds is 17. The molecule has 0 saturated heterocycles. The van der Waals surface area contributed by atoms with E-state index in [1.807, 2.05) is 12.1 Å². The lowest BCUT2D eigenvalue weighted by molar-refractivity contribution is 0.280. The predicted molar refractivity (Wildman–Crippen MR) is 145 cm³/mol. The normalized spacial score (nSPS) is 11.5. The molecule has 5 heteroatoms. The lowest BCUT2D eigenvalue weighted by Crippen LogP contribution is -2.09. The summed E-state index contributed by atoms with van der Waals surface area (Å²) in [7, 11) is 1.46. The number of benzene rings is 1. The van der Waals surface area contributed by atoms with Crippen molar-refractivity contribution in [1.29, 1.82) is 0 Å². The predicted octanol–water partition coefficient (Wildman–Crippen LogP) is 8.39. The first-order valence-corrected chi connectivity index (χ1v) is 13.2. The molecule has 194 valence electrons. The zero-order chi connectivity index (χ0) is 25.5. The van der Waals surface area contributed by atoms with Crippen LogP contribution in [0.4, 0.5) is 0 Å². The fourth-order valence-electron chi connectivity index (χ4n) is 3.93. The van der Waals surface area contributed by atoms with Crippen LogP contribution in [0.3, 0.4) is 0 Å². The Morgan fingerprint density at radius 1 is 0.914 bits per heavy atom. The minimum Gasteiger partial charge on any atom is -0.489 e. The number of hydrogen-bond acceptors (Lipinski definition) is 5. The summed E-state index contributed by atoms with van der Waals surface area (Å²) < 4.78 is 22.7. The summed E-state index contributed by atoms with van der Waals surface area (Å²) in [6, 6.07) is 5.48. The van der Waals surface area contributed by atoms with Crippen LogP contribution in [-0.2, 0) is 0 Å². The number of allylic oxidation sites excluding steroid dienone is 3. The molecule has 0 aliphatic carbocycles. The minimum absolute atomic E-state index is 0.112. The van der Waals surface area contributed by atoms with E-state index in [0.29, 0.717) is 35.7 Å². The topological polar surface area (TPSA) is 57.9 Å². The van der Waals surface area contributed by atoms with Gasteiger partial charge in [-0.2, -0.15) is 0 Å². The summed E-state index contributed by atoms with van der Waals surface area (Å²) in [6.45, 7) is 9.59. The Morgan fingerprint density at radius 3 is 2.31 bits per heavy atom. The molecule has 0 unspecified atom stereocenters. The average molecular weight is 485 g/mol. The molecule has 5 nitrogen and oxygen atoms in total. The Labute approximate surface area is 211 Å². The van der Waals surface area contributed by atoms with Crippen LogP contribution < -0.4 is 19.8 Å². The minimum atomic E-state index is -0.543. The van der Waals surface area contributed by atoms with Crippen LogP contribution in [0.25, 0.3) is 11.0 Å². The Kier molecular flexibility index (Phi) is 13.1. The molecule has 0 N–H and O–H groups in total. The number of methoxy groups -OCH3 is 1. The van der Waals surface area contributed by atoms with Crippen molar-refractivity contribution in [1.82, 2.24) is 0 Å².